The van der Waals surface area contributed by atoms with Gasteiger partial charge in [0.15, 0.2) is 11.5 Å². The first-order chi connectivity index (χ1) is 8.95. The Morgan fingerprint density at radius 3 is 2.74 bits per heavy atom. The van der Waals surface area contributed by atoms with Crippen LogP contribution in [0.2, 0.25) is 0 Å². The maximum atomic E-state index is 12.3. The van der Waals surface area contributed by atoms with Crippen molar-refractivity contribution < 1.29 is 23.9 Å². The van der Waals surface area contributed by atoms with E-state index in [1.54, 1.807) is 0 Å². The summed E-state index contributed by atoms with van der Waals surface area (Å²) >= 11 is 6.46. The molecule has 2 rings (SSSR count). The predicted molar refractivity (Wildman–Crippen MR) is 72.9 cm³/mol. The van der Waals surface area contributed by atoms with Gasteiger partial charge in [0.05, 0.1) is 25.1 Å². The Kier molecular flexibility index (Phi) is 3.82. The van der Waals surface area contributed by atoms with Crippen LogP contribution in [0.3, 0.4) is 0 Å². The SMILES string of the molecule is COC(=O)C1=NO[C@@]2(C=C(Br)C(OC)=C(Br)C2=O)C1. The van der Waals surface area contributed by atoms with E-state index in [2.05, 4.69) is 41.8 Å². The first-order valence-corrected chi connectivity index (χ1v) is 6.74. The first-order valence-electron chi connectivity index (χ1n) is 5.16. The fraction of sp³-hybridized carbons (Fsp3) is 0.364. The molecule has 1 spiro atoms. The molecule has 0 radical (unpaired) electrons. The quantitative estimate of drug-likeness (QED) is 0.667. The zero-order valence-electron chi connectivity index (χ0n) is 10.0. The fourth-order valence-corrected chi connectivity index (χ4v) is 3.50. The summed E-state index contributed by atoms with van der Waals surface area (Å²) in [5, 5.41) is 3.63. The van der Waals surface area contributed by atoms with Crippen molar-refractivity contribution in [1.82, 2.24) is 0 Å². The normalized spacial score (nSPS) is 26.0. The van der Waals surface area contributed by atoms with Crippen LogP contribution < -0.4 is 0 Å². The Morgan fingerprint density at radius 1 is 1.47 bits per heavy atom. The summed E-state index contributed by atoms with van der Waals surface area (Å²) in [6.45, 7) is 0. The molecule has 0 bridgehead atoms. The summed E-state index contributed by atoms with van der Waals surface area (Å²) in [4.78, 5) is 28.9. The van der Waals surface area contributed by atoms with Crippen molar-refractivity contribution >= 4 is 49.3 Å². The third-order valence-electron chi connectivity index (χ3n) is 2.73. The number of halogens is 2. The van der Waals surface area contributed by atoms with E-state index in [1.807, 2.05) is 0 Å². The van der Waals surface area contributed by atoms with E-state index in [0.29, 0.717) is 10.2 Å². The first kappa shape index (κ1) is 14.3. The lowest BCUT2D eigenvalue weighted by Gasteiger charge is -2.26. The average molecular weight is 395 g/mol. The standard InChI is InChI=1S/C11H9Br2NO5/c1-17-8-5(12)3-11(9(15)7(8)13)4-6(14-19-11)10(16)18-2/h3H,4H2,1-2H3/t11-/m0/s1. The second-order valence-corrected chi connectivity index (χ2v) is 5.50. The van der Waals surface area contributed by atoms with E-state index in [4.69, 9.17) is 9.57 Å². The zero-order chi connectivity index (χ0) is 14.2. The number of ether oxygens (including phenoxy) is 2. The van der Waals surface area contributed by atoms with Crippen LogP contribution >= 0.6 is 31.9 Å². The monoisotopic (exact) mass is 393 g/mol. The van der Waals surface area contributed by atoms with E-state index in [-0.39, 0.29) is 22.4 Å². The molecule has 0 saturated carbocycles. The van der Waals surface area contributed by atoms with Crippen molar-refractivity contribution in [3.8, 4) is 0 Å². The van der Waals surface area contributed by atoms with Gasteiger partial charge in [-0.25, -0.2) is 4.79 Å². The molecule has 0 aromatic carbocycles. The van der Waals surface area contributed by atoms with Crippen molar-refractivity contribution in [3.63, 3.8) is 0 Å². The smallest absolute Gasteiger partial charge is 0.356 e. The summed E-state index contributed by atoms with van der Waals surface area (Å²) in [5.41, 5.74) is -1.27. The third-order valence-corrected chi connectivity index (χ3v) is 4.04. The molecule has 1 aliphatic heterocycles. The molecule has 0 aromatic heterocycles. The van der Waals surface area contributed by atoms with Crippen molar-refractivity contribution in [3.05, 3.63) is 20.8 Å². The van der Waals surface area contributed by atoms with E-state index < -0.39 is 11.6 Å². The average Bonchev–Trinajstić information content (AvgIpc) is 2.81. The van der Waals surface area contributed by atoms with Gasteiger partial charge < -0.3 is 14.3 Å². The van der Waals surface area contributed by atoms with E-state index in [9.17, 15) is 9.59 Å². The number of allylic oxidation sites excluding steroid dienone is 1. The Balaban J connectivity index is 2.34. The van der Waals surface area contributed by atoms with Crippen LogP contribution in [0.5, 0.6) is 0 Å². The lowest BCUT2D eigenvalue weighted by atomic mass is 9.88. The van der Waals surface area contributed by atoms with Crippen LogP contribution in [0.4, 0.5) is 0 Å². The highest BCUT2D eigenvalue weighted by atomic mass is 79.9. The van der Waals surface area contributed by atoms with Gasteiger partial charge in [-0.05, 0) is 37.9 Å². The molecule has 19 heavy (non-hydrogen) atoms. The van der Waals surface area contributed by atoms with Gasteiger partial charge in [0.2, 0.25) is 11.4 Å². The highest BCUT2D eigenvalue weighted by molar-refractivity contribution is 9.12. The second-order valence-electron chi connectivity index (χ2n) is 3.86. The van der Waals surface area contributed by atoms with Crippen LogP contribution in [0, 0.1) is 0 Å². The minimum atomic E-state index is -1.33. The van der Waals surface area contributed by atoms with Gasteiger partial charge in [-0.2, -0.15) is 0 Å². The van der Waals surface area contributed by atoms with Gasteiger partial charge in [-0.15, -0.1) is 0 Å². The molecule has 0 N–H and O–H groups in total. The van der Waals surface area contributed by atoms with Gasteiger partial charge in [0.25, 0.3) is 0 Å². The number of oxime groups is 1. The van der Waals surface area contributed by atoms with Crippen LogP contribution in [0.25, 0.3) is 0 Å². The molecule has 102 valence electrons. The van der Waals surface area contributed by atoms with E-state index >= 15 is 0 Å². The predicted octanol–water partition coefficient (Wildman–Crippen LogP) is 1.79. The fourth-order valence-electron chi connectivity index (χ4n) is 1.79. The third kappa shape index (κ3) is 2.23. The molecule has 0 aromatic rings. The molecule has 8 heteroatoms. The van der Waals surface area contributed by atoms with Crippen LogP contribution in [0.1, 0.15) is 6.42 Å². The zero-order valence-corrected chi connectivity index (χ0v) is 13.2. The number of esters is 1. The number of nitrogens with zero attached hydrogens (tertiary/aromatic N) is 1. The Bertz CT molecular complexity index is 551. The highest BCUT2D eigenvalue weighted by Crippen LogP contribution is 2.41. The van der Waals surface area contributed by atoms with Crippen molar-refractivity contribution in [2.45, 2.75) is 12.0 Å². The topological polar surface area (TPSA) is 74.2 Å². The Morgan fingerprint density at radius 2 is 2.16 bits per heavy atom. The van der Waals surface area contributed by atoms with Crippen LogP contribution in [0.15, 0.2) is 26.0 Å². The van der Waals surface area contributed by atoms with E-state index in [1.165, 1.54) is 20.3 Å². The summed E-state index contributed by atoms with van der Waals surface area (Å²) in [7, 11) is 2.69. The number of Topliss-reactive ketones (excluding diaryl/α,β-unsaturated/α-hetero) is 1. The van der Waals surface area contributed by atoms with Gasteiger partial charge in [-0.3, -0.25) is 4.79 Å². The Labute approximate surface area is 125 Å². The van der Waals surface area contributed by atoms with Gasteiger partial charge in [-0.1, -0.05) is 5.16 Å². The van der Waals surface area contributed by atoms with Gasteiger partial charge >= 0.3 is 5.97 Å². The van der Waals surface area contributed by atoms with Gasteiger partial charge in [0, 0.05) is 0 Å². The summed E-state index contributed by atoms with van der Waals surface area (Å²) in [5.74, 6) is -0.618. The molecule has 1 aliphatic carbocycles. The Hall–Kier alpha value is -1.15. The summed E-state index contributed by atoms with van der Waals surface area (Å²) in [6, 6.07) is 0. The lowest BCUT2D eigenvalue weighted by molar-refractivity contribution is -0.132. The number of methoxy groups -OCH3 is 2. The maximum absolute atomic E-state index is 12.3. The van der Waals surface area contributed by atoms with Gasteiger partial charge in [0.1, 0.15) is 4.48 Å². The molecular weight excluding hydrogens is 386 g/mol. The minimum absolute atomic E-state index is 0.0136. The molecule has 6 nitrogen and oxygen atoms in total. The molecule has 1 heterocycles. The molecule has 0 amide bonds. The van der Waals surface area contributed by atoms with Crippen LogP contribution in [-0.2, 0) is 23.9 Å². The van der Waals surface area contributed by atoms with Crippen LogP contribution in [-0.4, -0.2) is 37.3 Å². The summed E-state index contributed by atoms with van der Waals surface area (Å²) < 4.78 is 10.4. The number of carbonyl (C=O) groups excluding carboxylic acids is 2. The second kappa shape index (κ2) is 5.09. The van der Waals surface area contributed by atoms with Crippen molar-refractivity contribution in [2.75, 3.05) is 14.2 Å². The molecule has 0 fully saturated rings. The van der Waals surface area contributed by atoms with Crippen molar-refractivity contribution in [1.29, 1.82) is 0 Å². The lowest BCUT2D eigenvalue weighted by Crippen LogP contribution is -2.40. The largest absolute Gasteiger partial charge is 0.494 e. The minimum Gasteiger partial charge on any atom is -0.494 e. The number of carbonyl (C=O) groups is 2. The summed E-state index contributed by atoms with van der Waals surface area (Å²) in [6.07, 6.45) is 1.54. The van der Waals surface area contributed by atoms with E-state index in [0.717, 1.165) is 0 Å². The molecular formula is C11H9Br2NO5. The highest BCUT2D eigenvalue weighted by Gasteiger charge is 2.50. The molecule has 0 unspecified atom stereocenters. The molecule has 2 aliphatic rings. The molecule has 0 saturated heterocycles. The number of rotatable bonds is 2. The molecule has 1 atom stereocenters. The number of ketones is 1. The number of hydrogen-bond donors (Lipinski definition) is 0. The number of hydrogen-bond acceptors (Lipinski definition) is 6. The maximum Gasteiger partial charge on any atom is 0.356 e. The van der Waals surface area contributed by atoms with Crippen molar-refractivity contribution in [2.24, 2.45) is 5.16 Å².